The molecular formula is C19H23N5O3S. The Morgan fingerprint density at radius 1 is 1.29 bits per heavy atom. The van der Waals surface area contributed by atoms with Crippen molar-refractivity contribution in [2.24, 2.45) is 0 Å². The number of thioether (sulfide) groups is 1. The molecule has 0 bridgehead atoms. The van der Waals surface area contributed by atoms with Gasteiger partial charge in [-0.3, -0.25) is 0 Å². The summed E-state index contributed by atoms with van der Waals surface area (Å²) in [6, 6.07) is 7.39. The van der Waals surface area contributed by atoms with Gasteiger partial charge in [-0.1, -0.05) is 30.6 Å². The molecule has 2 aromatic heterocycles. The van der Waals surface area contributed by atoms with E-state index in [0.29, 0.717) is 23.7 Å². The van der Waals surface area contributed by atoms with Crippen molar-refractivity contribution >= 4 is 17.7 Å². The molecule has 0 spiro atoms. The van der Waals surface area contributed by atoms with Crippen LogP contribution in [0.5, 0.6) is 0 Å². The van der Waals surface area contributed by atoms with Crippen LogP contribution in [-0.4, -0.2) is 31.3 Å². The molecule has 1 aromatic carbocycles. The maximum absolute atomic E-state index is 12.6. The maximum Gasteiger partial charge on any atom is 0.339 e. The molecule has 0 N–H and O–H groups in total. The van der Waals surface area contributed by atoms with Gasteiger partial charge in [-0.25, -0.2) is 9.48 Å². The normalized spacial score (nSPS) is 11.0. The number of tetrazole rings is 1. The van der Waals surface area contributed by atoms with Gasteiger partial charge in [0.05, 0.1) is 11.3 Å². The van der Waals surface area contributed by atoms with Crippen LogP contribution in [0.2, 0.25) is 0 Å². The van der Waals surface area contributed by atoms with Gasteiger partial charge in [0.15, 0.2) is 12.4 Å². The average molecular weight is 401 g/mol. The van der Waals surface area contributed by atoms with E-state index < -0.39 is 5.97 Å². The number of nitrogens with zero attached hydrogens (tertiary/aromatic N) is 5. The van der Waals surface area contributed by atoms with Gasteiger partial charge >= 0.3 is 5.97 Å². The molecule has 3 aromatic rings. The first-order chi connectivity index (χ1) is 13.6. The Kier molecular flexibility index (Phi) is 6.80. The van der Waals surface area contributed by atoms with E-state index >= 15 is 0 Å². The fraction of sp³-hybridized carbons (Fsp3) is 0.421. The van der Waals surface area contributed by atoms with E-state index in [2.05, 4.69) is 27.6 Å². The van der Waals surface area contributed by atoms with Crippen LogP contribution in [0.3, 0.4) is 0 Å². The van der Waals surface area contributed by atoms with Gasteiger partial charge < -0.3 is 9.26 Å². The molecule has 0 fully saturated rings. The number of aryl methyl sites for hydroxylation is 3. The van der Waals surface area contributed by atoms with Crippen molar-refractivity contribution in [2.45, 2.75) is 57.4 Å². The molecule has 0 aliphatic heterocycles. The third-order valence-electron chi connectivity index (χ3n) is 4.32. The summed E-state index contributed by atoms with van der Waals surface area (Å²) >= 11 is 1.55. The van der Waals surface area contributed by atoms with Crippen molar-refractivity contribution in [1.82, 2.24) is 25.4 Å². The topological polar surface area (TPSA) is 95.9 Å². The van der Waals surface area contributed by atoms with Crippen LogP contribution in [0.25, 0.3) is 0 Å². The molecule has 0 saturated heterocycles. The van der Waals surface area contributed by atoms with E-state index in [1.165, 1.54) is 0 Å². The van der Waals surface area contributed by atoms with E-state index in [1.54, 1.807) is 22.5 Å². The molecule has 0 unspecified atom stereocenters. The molecular weight excluding hydrogens is 378 g/mol. The van der Waals surface area contributed by atoms with Crippen molar-refractivity contribution in [3.05, 3.63) is 52.7 Å². The van der Waals surface area contributed by atoms with E-state index in [9.17, 15) is 4.79 Å². The highest BCUT2D eigenvalue weighted by molar-refractivity contribution is 7.98. The number of unbranched alkanes of at least 4 members (excludes halogenated alkanes) is 1. The van der Waals surface area contributed by atoms with E-state index in [-0.39, 0.29) is 6.61 Å². The number of carbonyl (C=O) groups is 1. The highest BCUT2D eigenvalue weighted by atomic mass is 32.2. The van der Waals surface area contributed by atoms with Crippen LogP contribution in [0, 0.1) is 13.8 Å². The van der Waals surface area contributed by atoms with Gasteiger partial charge in [0, 0.05) is 22.8 Å². The molecule has 0 aliphatic carbocycles. The van der Waals surface area contributed by atoms with Gasteiger partial charge in [-0.15, -0.1) is 16.9 Å². The molecule has 8 nitrogen and oxygen atoms in total. The van der Waals surface area contributed by atoms with Crippen LogP contribution < -0.4 is 0 Å². The van der Waals surface area contributed by atoms with E-state index in [1.807, 2.05) is 32.0 Å². The molecule has 9 heteroatoms. The monoisotopic (exact) mass is 401 g/mol. The third-order valence-corrected chi connectivity index (χ3v) is 5.42. The predicted octanol–water partition coefficient (Wildman–Crippen LogP) is 3.73. The molecule has 0 amide bonds. The Bertz CT molecular complexity index is 918. The summed E-state index contributed by atoms with van der Waals surface area (Å²) < 4.78 is 12.4. The summed E-state index contributed by atoms with van der Waals surface area (Å²) in [5.74, 6) is 1.61. The molecule has 148 valence electrons. The minimum Gasteiger partial charge on any atom is -0.454 e. The first kappa shape index (κ1) is 20.1. The third kappa shape index (κ3) is 4.78. The van der Waals surface area contributed by atoms with E-state index in [4.69, 9.17) is 9.26 Å². The van der Waals surface area contributed by atoms with Crippen LogP contribution in [0.15, 0.2) is 33.7 Å². The number of ether oxygens (including phenoxy) is 1. The Hall–Kier alpha value is -2.68. The van der Waals surface area contributed by atoms with Gasteiger partial charge in [0.2, 0.25) is 0 Å². The lowest BCUT2D eigenvalue weighted by molar-refractivity contribution is 0.0452. The quantitative estimate of drug-likeness (QED) is 0.395. The SMILES string of the molecule is CCCCn1nnnc1COC(=O)c1ccccc1SCc1c(C)noc1C. The Morgan fingerprint density at radius 2 is 2.11 bits per heavy atom. The first-order valence-electron chi connectivity index (χ1n) is 9.16. The number of rotatable bonds is 9. The van der Waals surface area contributed by atoms with Gasteiger partial charge in [-0.2, -0.15) is 0 Å². The summed E-state index contributed by atoms with van der Waals surface area (Å²) in [6.07, 6.45) is 2.00. The minimum absolute atomic E-state index is 0.0401. The molecule has 28 heavy (non-hydrogen) atoms. The second-order valence-electron chi connectivity index (χ2n) is 6.34. The van der Waals surface area contributed by atoms with Crippen molar-refractivity contribution in [3.8, 4) is 0 Å². The van der Waals surface area contributed by atoms with Crippen molar-refractivity contribution in [2.75, 3.05) is 0 Å². The lowest BCUT2D eigenvalue weighted by Gasteiger charge is -2.09. The highest BCUT2D eigenvalue weighted by Crippen LogP contribution is 2.29. The zero-order valence-corrected chi connectivity index (χ0v) is 17.0. The number of hydrogen-bond acceptors (Lipinski definition) is 8. The number of benzene rings is 1. The summed E-state index contributed by atoms with van der Waals surface area (Å²) in [6.45, 7) is 6.65. The first-order valence-corrected chi connectivity index (χ1v) is 10.1. The molecule has 0 radical (unpaired) electrons. The number of aromatic nitrogens is 5. The number of esters is 1. The van der Waals surface area contributed by atoms with Gasteiger partial charge in [0.1, 0.15) is 5.76 Å². The second-order valence-corrected chi connectivity index (χ2v) is 7.35. The summed E-state index contributed by atoms with van der Waals surface area (Å²) in [7, 11) is 0. The van der Waals surface area contributed by atoms with E-state index in [0.717, 1.165) is 34.8 Å². The predicted molar refractivity (Wildman–Crippen MR) is 104 cm³/mol. The standard InChI is InChI=1S/C19H23N5O3S/c1-4-5-10-24-18(20-22-23-24)11-26-19(25)15-8-6-7-9-17(15)28-12-16-13(2)21-27-14(16)3/h6-9H,4-5,10-12H2,1-3H3. The molecule has 3 rings (SSSR count). The smallest absolute Gasteiger partial charge is 0.339 e. The largest absolute Gasteiger partial charge is 0.454 e. The lowest BCUT2D eigenvalue weighted by Crippen LogP contribution is -2.12. The van der Waals surface area contributed by atoms with Crippen LogP contribution in [0.1, 0.15) is 53.0 Å². The molecule has 2 heterocycles. The Morgan fingerprint density at radius 3 is 2.86 bits per heavy atom. The van der Waals surface area contributed by atoms with Crippen molar-refractivity contribution in [3.63, 3.8) is 0 Å². The maximum atomic E-state index is 12.6. The summed E-state index contributed by atoms with van der Waals surface area (Å²) in [4.78, 5) is 13.5. The lowest BCUT2D eigenvalue weighted by atomic mass is 10.2. The number of hydrogen-bond donors (Lipinski definition) is 0. The summed E-state index contributed by atoms with van der Waals surface area (Å²) in [5, 5.41) is 15.5. The van der Waals surface area contributed by atoms with Gasteiger partial charge in [-0.05, 0) is 42.8 Å². The Labute approximate surface area is 167 Å². The fourth-order valence-electron chi connectivity index (χ4n) is 2.64. The number of carbonyl (C=O) groups excluding carboxylic acids is 1. The molecule has 0 aliphatic rings. The highest BCUT2D eigenvalue weighted by Gasteiger charge is 2.17. The minimum atomic E-state index is -0.396. The second kappa shape index (κ2) is 9.50. The molecule has 0 atom stereocenters. The van der Waals surface area contributed by atoms with Crippen LogP contribution >= 0.6 is 11.8 Å². The van der Waals surface area contributed by atoms with Crippen LogP contribution in [0.4, 0.5) is 0 Å². The molecule has 0 saturated carbocycles. The zero-order chi connectivity index (χ0) is 19.9. The van der Waals surface area contributed by atoms with Crippen LogP contribution in [-0.2, 0) is 23.6 Å². The summed E-state index contributed by atoms with van der Waals surface area (Å²) in [5.41, 5.74) is 2.43. The fourth-order valence-corrected chi connectivity index (χ4v) is 3.83. The Balaban J connectivity index is 1.65. The van der Waals surface area contributed by atoms with Crippen molar-refractivity contribution in [1.29, 1.82) is 0 Å². The average Bonchev–Trinajstić information content (AvgIpc) is 3.29. The van der Waals surface area contributed by atoms with Crippen molar-refractivity contribution < 1.29 is 14.1 Å². The zero-order valence-electron chi connectivity index (χ0n) is 16.2. The van der Waals surface area contributed by atoms with Gasteiger partial charge in [0.25, 0.3) is 0 Å².